The molecule has 2 fully saturated rings. The summed E-state index contributed by atoms with van der Waals surface area (Å²) in [4.78, 5) is 21.7. The Morgan fingerprint density at radius 1 is 1.27 bits per heavy atom. The molecule has 0 spiro atoms. The molecule has 2 aliphatic heterocycles. The van der Waals surface area contributed by atoms with Gasteiger partial charge in [0.1, 0.15) is 18.2 Å². The van der Waals surface area contributed by atoms with Gasteiger partial charge in [-0.3, -0.25) is 8.37 Å². The molecule has 12 heteroatoms. The maximum atomic E-state index is 11.7. The molecule has 2 atom stereocenters. The second kappa shape index (κ2) is 12.4. The van der Waals surface area contributed by atoms with Gasteiger partial charge >= 0.3 is 17.5 Å². The summed E-state index contributed by atoms with van der Waals surface area (Å²) in [5.41, 5.74) is 1.61. The van der Waals surface area contributed by atoms with Crippen molar-refractivity contribution in [3.8, 4) is 17.5 Å². The normalized spacial score (nSPS) is 24.2. The number of likely N-dealkylation sites (tertiary alicyclic amines) is 1. The highest BCUT2D eigenvalue weighted by atomic mass is 35.5. The molecule has 0 radical (unpaired) electrons. The van der Waals surface area contributed by atoms with Gasteiger partial charge in [-0.1, -0.05) is 31.5 Å². The van der Waals surface area contributed by atoms with Crippen molar-refractivity contribution in [3.63, 3.8) is 0 Å². The molecule has 1 aromatic carbocycles. The van der Waals surface area contributed by atoms with Crippen molar-refractivity contribution in [2.24, 2.45) is 11.8 Å². The van der Waals surface area contributed by atoms with Gasteiger partial charge in [0.05, 0.1) is 23.8 Å². The molecule has 1 aromatic heterocycles. The fourth-order valence-corrected chi connectivity index (χ4v) is 5.55. The van der Waals surface area contributed by atoms with E-state index in [1.807, 2.05) is 19.1 Å². The van der Waals surface area contributed by atoms with Crippen molar-refractivity contribution in [3.05, 3.63) is 40.7 Å². The van der Waals surface area contributed by atoms with Crippen LogP contribution in [0.1, 0.15) is 44.2 Å². The summed E-state index contributed by atoms with van der Waals surface area (Å²) in [6, 6.07) is 5.41. The number of halogens is 1. The quantitative estimate of drug-likeness (QED) is 0.484. The van der Waals surface area contributed by atoms with Crippen LogP contribution in [0.2, 0.25) is 5.02 Å². The Balaban J connectivity index is 1.41. The second-order valence-corrected chi connectivity index (χ2v) is 11.1. The number of piperidine rings is 1. The Hall–Kier alpha value is -2.47. The molecule has 3 heterocycles. The number of aromatic nitrogens is 2. The topological polar surface area (TPSA) is 120 Å². The molecular weight excluding hydrogens is 522 g/mol. The third-order valence-electron chi connectivity index (χ3n) is 6.45. The Kier molecular flexibility index (Phi) is 9.22. The van der Waals surface area contributed by atoms with Crippen LogP contribution in [0.4, 0.5) is 4.79 Å². The Labute approximate surface area is 224 Å². The summed E-state index contributed by atoms with van der Waals surface area (Å²) in [7, 11) is 0. The van der Waals surface area contributed by atoms with Crippen LogP contribution >= 0.6 is 11.6 Å². The number of hydrogen-bond acceptors (Lipinski definition) is 8. The summed E-state index contributed by atoms with van der Waals surface area (Å²) in [6.45, 7) is 7.13. The van der Waals surface area contributed by atoms with Crippen LogP contribution in [-0.4, -0.2) is 62.2 Å². The Morgan fingerprint density at radius 2 is 2.00 bits per heavy atom. The SMILES string of the molecule is Cc1c(Oc2ccc(CC3COS(=O)OC3)cc2Cl)ncnc1O[C@@H]1CCN(C(=O)O)[C@H](CC(C)C)C1. The van der Waals surface area contributed by atoms with E-state index in [9.17, 15) is 14.1 Å². The minimum atomic E-state index is -1.66. The van der Waals surface area contributed by atoms with E-state index in [1.54, 1.807) is 6.07 Å². The lowest BCUT2D eigenvalue weighted by molar-refractivity contribution is 0.0450. The molecule has 2 aromatic rings. The summed E-state index contributed by atoms with van der Waals surface area (Å²) >= 11 is 4.84. The fraction of sp³-hybridized carbons (Fsp3) is 0.560. The molecule has 2 aliphatic rings. The highest BCUT2D eigenvalue weighted by Gasteiger charge is 2.33. The zero-order valence-corrected chi connectivity index (χ0v) is 22.7. The van der Waals surface area contributed by atoms with Gasteiger partial charge in [-0.15, -0.1) is 0 Å². The number of nitrogens with zero attached hydrogens (tertiary/aromatic N) is 3. The summed E-state index contributed by atoms with van der Waals surface area (Å²) in [5, 5.41) is 9.99. The summed E-state index contributed by atoms with van der Waals surface area (Å²) < 4.78 is 33.5. The lowest BCUT2D eigenvalue weighted by atomic mass is 9.92. The van der Waals surface area contributed by atoms with Crippen LogP contribution in [0.25, 0.3) is 0 Å². The molecule has 2 saturated heterocycles. The van der Waals surface area contributed by atoms with E-state index < -0.39 is 17.5 Å². The van der Waals surface area contributed by atoms with Crippen molar-refractivity contribution in [1.82, 2.24) is 14.9 Å². The van der Waals surface area contributed by atoms with Crippen LogP contribution < -0.4 is 9.47 Å². The van der Waals surface area contributed by atoms with Crippen LogP contribution in [0, 0.1) is 18.8 Å². The monoisotopic (exact) mass is 553 g/mol. The first kappa shape index (κ1) is 27.6. The standard InChI is InChI=1S/C25H32ClN3O7S/c1-15(2)8-19-11-20(6-7-29(19)25(30)31)35-23-16(3)24(28-14-27-23)36-22-5-4-17(10-21(22)26)9-18-12-33-37(32)34-13-18/h4-5,10,14-15,18-20H,6-9,11-13H2,1-3H3,(H,30,31)/t18?,19-,20-,37?/m1/s1. The van der Waals surface area contributed by atoms with Crippen molar-refractivity contribution < 1.29 is 31.9 Å². The first-order chi connectivity index (χ1) is 17.7. The van der Waals surface area contributed by atoms with E-state index >= 15 is 0 Å². The van der Waals surface area contributed by atoms with Gasteiger partial charge in [0, 0.05) is 31.3 Å². The van der Waals surface area contributed by atoms with Crippen molar-refractivity contribution in [2.75, 3.05) is 19.8 Å². The van der Waals surface area contributed by atoms with E-state index in [1.165, 1.54) is 11.2 Å². The average molecular weight is 554 g/mol. The maximum Gasteiger partial charge on any atom is 0.407 e. The van der Waals surface area contributed by atoms with Gasteiger partial charge in [-0.2, -0.15) is 4.21 Å². The molecule has 1 amide bonds. The first-order valence-electron chi connectivity index (χ1n) is 12.3. The third-order valence-corrected chi connectivity index (χ3v) is 7.41. The Morgan fingerprint density at radius 3 is 2.68 bits per heavy atom. The molecular formula is C25H32ClN3O7S. The van der Waals surface area contributed by atoms with Gasteiger partial charge < -0.3 is 19.5 Å². The van der Waals surface area contributed by atoms with Gasteiger partial charge in [0.2, 0.25) is 11.8 Å². The number of ether oxygens (including phenoxy) is 2. The van der Waals surface area contributed by atoms with Crippen LogP contribution in [-0.2, 0) is 26.1 Å². The number of benzene rings is 1. The molecule has 0 aliphatic carbocycles. The van der Waals surface area contributed by atoms with Crippen LogP contribution in [0.3, 0.4) is 0 Å². The molecule has 10 nitrogen and oxygen atoms in total. The maximum absolute atomic E-state index is 11.7. The van der Waals surface area contributed by atoms with Crippen LogP contribution in [0.5, 0.6) is 17.5 Å². The van der Waals surface area contributed by atoms with Gasteiger partial charge in [-0.25, -0.2) is 14.8 Å². The molecule has 37 heavy (non-hydrogen) atoms. The van der Waals surface area contributed by atoms with Crippen LogP contribution in [0.15, 0.2) is 24.5 Å². The van der Waals surface area contributed by atoms with Gasteiger partial charge in [-0.05, 0) is 43.4 Å². The van der Waals surface area contributed by atoms with E-state index in [0.717, 1.165) is 12.0 Å². The van der Waals surface area contributed by atoms with Crippen molar-refractivity contribution in [2.45, 2.75) is 58.6 Å². The minimum Gasteiger partial charge on any atom is -0.474 e. The predicted octanol–water partition coefficient (Wildman–Crippen LogP) is 4.95. The van der Waals surface area contributed by atoms with E-state index in [-0.39, 0.29) is 18.1 Å². The molecule has 1 N–H and O–H groups in total. The van der Waals surface area contributed by atoms with E-state index in [2.05, 4.69) is 23.8 Å². The number of hydrogen-bond donors (Lipinski definition) is 1. The first-order valence-corrected chi connectivity index (χ1v) is 13.7. The average Bonchev–Trinajstić information content (AvgIpc) is 2.84. The summed E-state index contributed by atoms with van der Waals surface area (Å²) in [6.07, 6.45) is 2.96. The summed E-state index contributed by atoms with van der Waals surface area (Å²) in [5.74, 6) is 1.65. The third kappa shape index (κ3) is 7.31. The van der Waals surface area contributed by atoms with Crippen molar-refractivity contribution in [1.29, 1.82) is 0 Å². The Bertz CT molecular complexity index is 1130. The highest BCUT2D eigenvalue weighted by Crippen LogP contribution is 2.34. The second-order valence-electron chi connectivity index (χ2n) is 9.84. The molecule has 0 bridgehead atoms. The number of carbonyl (C=O) groups is 1. The lowest BCUT2D eigenvalue weighted by Crippen LogP contribution is -2.48. The fourth-order valence-electron chi connectivity index (χ4n) is 4.63. The number of carboxylic acid groups (broad SMARTS) is 1. The lowest BCUT2D eigenvalue weighted by Gasteiger charge is -2.38. The zero-order valence-electron chi connectivity index (χ0n) is 21.1. The largest absolute Gasteiger partial charge is 0.474 e. The van der Waals surface area contributed by atoms with E-state index in [0.29, 0.717) is 73.0 Å². The number of rotatable bonds is 8. The van der Waals surface area contributed by atoms with Gasteiger partial charge in [0.15, 0.2) is 0 Å². The molecule has 202 valence electrons. The zero-order chi connectivity index (χ0) is 26.5. The highest BCUT2D eigenvalue weighted by molar-refractivity contribution is 7.75. The van der Waals surface area contributed by atoms with E-state index in [4.69, 9.17) is 29.4 Å². The molecule has 0 unspecified atom stereocenters. The van der Waals surface area contributed by atoms with Crippen molar-refractivity contribution >= 4 is 29.1 Å². The number of amides is 1. The minimum absolute atomic E-state index is 0.0897. The molecule has 0 saturated carbocycles. The smallest absolute Gasteiger partial charge is 0.407 e. The molecule has 4 rings (SSSR count). The van der Waals surface area contributed by atoms with Gasteiger partial charge in [0.25, 0.3) is 0 Å². The predicted molar refractivity (Wildman–Crippen MR) is 137 cm³/mol.